The minimum Gasteiger partial charge on any atom is -0.394 e. The second-order valence-electron chi connectivity index (χ2n) is 7.29. The number of hydrogen-bond acceptors (Lipinski definition) is 4. The molecule has 0 atom stereocenters. The third kappa shape index (κ3) is 3.52. The molecular formula is C25H18F2N4O. The van der Waals surface area contributed by atoms with Gasteiger partial charge in [-0.05, 0) is 59.7 Å². The maximum Gasteiger partial charge on any atom is 0.159 e. The van der Waals surface area contributed by atoms with Crippen molar-refractivity contribution in [2.24, 2.45) is 0 Å². The van der Waals surface area contributed by atoms with Crippen molar-refractivity contribution in [1.29, 1.82) is 0 Å². The number of fused-ring (bicyclic) bond motifs is 1. The van der Waals surface area contributed by atoms with E-state index in [1.165, 1.54) is 24.3 Å². The molecule has 158 valence electrons. The largest absolute Gasteiger partial charge is 0.394 e. The van der Waals surface area contributed by atoms with Crippen LogP contribution in [0.5, 0.6) is 0 Å². The SMILES string of the molecule is OCCn1ncc2c(-c3ccc(F)cc3)c(-c3ccncc3)c(-c3ccc(F)cc3)nc21. The van der Waals surface area contributed by atoms with Crippen molar-refractivity contribution in [3.8, 4) is 33.5 Å². The van der Waals surface area contributed by atoms with E-state index in [2.05, 4.69) is 10.1 Å². The first-order valence-corrected chi connectivity index (χ1v) is 10.1. The Bertz CT molecular complexity index is 1380. The average Bonchev–Trinajstić information content (AvgIpc) is 3.22. The Balaban J connectivity index is 1.93. The van der Waals surface area contributed by atoms with Crippen molar-refractivity contribution in [2.45, 2.75) is 6.54 Å². The number of nitrogens with zero attached hydrogens (tertiary/aromatic N) is 4. The summed E-state index contributed by atoms with van der Waals surface area (Å²) in [7, 11) is 0. The summed E-state index contributed by atoms with van der Waals surface area (Å²) in [5, 5.41) is 14.7. The Morgan fingerprint density at radius 2 is 1.34 bits per heavy atom. The predicted octanol–water partition coefficient (Wildman–Crippen LogP) is 5.10. The number of aromatic nitrogens is 4. The number of rotatable bonds is 5. The van der Waals surface area contributed by atoms with Crippen molar-refractivity contribution in [3.63, 3.8) is 0 Å². The zero-order chi connectivity index (χ0) is 22.1. The normalized spacial score (nSPS) is 11.2. The number of pyridine rings is 2. The second-order valence-corrected chi connectivity index (χ2v) is 7.29. The van der Waals surface area contributed by atoms with Crippen LogP contribution in [-0.2, 0) is 6.54 Å². The molecule has 0 aliphatic rings. The van der Waals surface area contributed by atoms with Crippen molar-refractivity contribution >= 4 is 11.0 Å². The molecule has 7 heteroatoms. The van der Waals surface area contributed by atoms with Crippen LogP contribution in [0.25, 0.3) is 44.5 Å². The molecule has 0 unspecified atom stereocenters. The summed E-state index contributed by atoms with van der Waals surface area (Å²) in [5.41, 5.74) is 5.21. The number of benzene rings is 2. The molecule has 0 saturated heterocycles. The lowest BCUT2D eigenvalue weighted by Gasteiger charge is -2.17. The maximum absolute atomic E-state index is 13.7. The molecule has 5 aromatic rings. The van der Waals surface area contributed by atoms with Crippen LogP contribution < -0.4 is 0 Å². The van der Waals surface area contributed by atoms with E-state index in [9.17, 15) is 13.9 Å². The van der Waals surface area contributed by atoms with E-state index in [1.54, 1.807) is 47.5 Å². The van der Waals surface area contributed by atoms with Crippen molar-refractivity contribution in [2.75, 3.05) is 6.61 Å². The first-order valence-electron chi connectivity index (χ1n) is 10.1. The van der Waals surface area contributed by atoms with Gasteiger partial charge in [0.25, 0.3) is 0 Å². The minimum atomic E-state index is -0.343. The van der Waals surface area contributed by atoms with E-state index in [0.29, 0.717) is 11.3 Å². The highest BCUT2D eigenvalue weighted by atomic mass is 19.1. The Hall–Kier alpha value is -3.97. The van der Waals surface area contributed by atoms with Gasteiger partial charge in [-0.25, -0.2) is 18.4 Å². The van der Waals surface area contributed by atoms with Crippen LogP contribution in [0.2, 0.25) is 0 Å². The Morgan fingerprint density at radius 1 is 0.750 bits per heavy atom. The van der Waals surface area contributed by atoms with Crippen LogP contribution in [0.1, 0.15) is 0 Å². The van der Waals surface area contributed by atoms with Crippen molar-refractivity contribution in [1.82, 2.24) is 19.7 Å². The number of halogens is 2. The van der Waals surface area contributed by atoms with Gasteiger partial charge in [-0.2, -0.15) is 5.10 Å². The van der Waals surface area contributed by atoms with E-state index in [-0.39, 0.29) is 24.8 Å². The lowest BCUT2D eigenvalue weighted by molar-refractivity contribution is 0.271. The summed E-state index contributed by atoms with van der Waals surface area (Å²) >= 11 is 0. The molecule has 5 nitrogen and oxygen atoms in total. The van der Waals surface area contributed by atoms with E-state index in [4.69, 9.17) is 4.98 Å². The van der Waals surface area contributed by atoms with E-state index >= 15 is 0 Å². The fourth-order valence-corrected chi connectivity index (χ4v) is 3.88. The van der Waals surface area contributed by atoms with Crippen LogP contribution in [-0.4, -0.2) is 31.5 Å². The van der Waals surface area contributed by atoms with E-state index in [1.807, 2.05) is 12.1 Å². The molecule has 0 bridgehead atoms. The fourth-order valence-electron chi connectivity index (χ4n) is 3.88. The number of aliphatic hydroxyl groups excluding tert-OH is 1. The quantitative estimate of drug-likeness (QED) is 0.423. The molecular weight excluding hydrogens is 410 g/mol. The molecule has 0 spiro atoms. The van der Waals surface area contributed by atoms with Crippen LogP contribution in [0.4, 0.5) is 8.78 Å². The Kier molecular flexibility index (Phi) is 5.17. The lowest BCUT2D eigenvalue weighted by Crippen LogP contribution is -2.05. The van der Waals surface area contributed by atoms with E-state index < -0.39 is 0 Å². The first kappa shape index (κ1) is 20.0. The summed E-state index contributed by atoms with van der Waals surface area (Å²) in [6, 6.07) is 16.1. The van der Waals surface area contributed by atoms with Gasteiger partial charge < -0.3 is 5.11 Å². The third-order valence-corrected chi connectivity index (χ3v) is 5.32. The third-order valence-electron chi connectivity index (χ3n) is 5.32. The molecule has 2 aromatic carbocycles. The smallest absolute Gasteiger partial charge is 0.159 e. The first-order chi connectivity index (χ1) is 15.7. The van der Waals surface area contributed by atoms with Gasteiger partial charge in [0.05, 0.1) is 25.0 Å². The molecule has 0 amide bonds. The van der Waals surface area contributed by atoms with Gasteiger partial charge in [-0.15, -0.1) is 0 Å². The fraction of sp³-hybridized carbons (Fsp3) is 0.0800. The monoisotopic (exact) mass is 428 g/mol. The topological polar surface area (TPSA) is 63.8 Å². The highest BCUT2D eigenvalue weighted by Crippen LogP contribution is 2.43. The molecule has 0 saturated carbocycles. The average molecular weight is 428 g/mol. The number of hydrogen-bond donors (Lipinski definition) is 1. The molecule has 5 rings (SSSR count). The number of aliphatic hydroxyl groups is 1. The molecule has 0 aliphatic heterocycles. The zero-order valence-corrected chi connectivity index (χ0v) is 16.9. The van der Waals surface area contributed by atoms with Gasteiger partial charge in [0.15, 0.2) is 5.65 Å². The summed E-state index contributed by atoms with van der Waals surface area (Å²) in [6.07, 6.45) is 5.09. The second kappa shape index (κ2) is 8.28. The zero-order valence-electron chi connectivity index (χ0n) is 16.9. The van der Waals surface area contributed by atoms with Crippen LogP contribution in [0, 0.1) is 11.6 Å². The van der Waals surface area contributed by atoms with E-state index in [0.717, 1.165) is 33.2 Å². The van der Waals surface area contributed by atoms with Crippen LogP contribution in [0.3, 0.4) is 0 Å². The Morgan fingerprint density at radius 3 is 1.97 bits per heavy atom. The van der Waals surface area contributed by atoms with Gasteiger partial charge in [-0.3, -0.25) is 4.98 Å². The van der Waals surface area contributed by atoms with Crippen LogP contribution >= 0.6 is 0 Å². The summed E-state index contributed by atoms with van der Waals surface area (Å²) in [6.45, 7) is 0.180. The molecule has 0 fully saturated rings. The van der Waals surface area contributed by atoms with Gasteiger partial charge in [0, 0.05) is 34.5 Å². The molecule has 0 aliphatic carbocycles. The standard InChI is InChI=1S/C25H18F2N4O/c26-19-5-1-16(2-6-19)22-21-15-29-31(13-14-32)25(21)30-24(18-3-7-20(27)8-4-18)23(22)17-9-11-28-12-10-17/h1-12,15,32H,13-14H2. The molecule has 3 heterocycles. The molecule has 0 radical (unpaired) electrons. The summed E-state index contributed by atoms with van der Waals surface area (Å²) < 4.78 is 29.0. The highest BCUT2D eigenvalue weighted by molar-refractivity contribution is 6.06. The van der Waals surface area contributed by atoms with Gasteiger partial charge >= 0.3 is 0 Å². The van der Waals surface area contributed by atoms with Gasteiger partial charge in [0.1, 0.15) is 11.6 Å². The van der Waals surface area contributed by atoms with Crippen molar-refractivity contribution in [3.05, 3.63) is 90.9 Å². The Labute approximate surface area is 182 Å². The maximum atomic E-state index is 13.7. The van der Waals surface area contributed by atoms with Crippen molar-refractivity contribution < 1.29 is 13.9 Å². The predicted molar refractivity (Wildman–Crippen MR) is 119 cm³/mol. The minimum absolute atomic E-state index is 0.0949. The molecule has 3 aromatic heterocycles. The molecule has 32 heavy (non-hydrogen) atoms. The summed E-state index contributed by atoms with van der Waals surface area (Å²) in [4.78, 5) is 9.03. The summed E-state index contributed by atoms with van der Waals surface area (Å²) in [5.74, 6) is -0.677. The van der Waals surface area contributed by atoms with Crippen LogP contribution in [0.15, 0.2) is 79.3 Å². The van der Waals surface area contributed by atoms with Gasteiger partial charge in [-0.1, -0.05) is 12.1 Å². The van der Waals surface area contributed by atoms with Gasteiger partial charge in [0.2, 0.25) is 0 Å². The lowest BCUT2D eigenvalue weighted by atomic mass is 9.89. The molecule has 1 N–H and O–H groups in total. The highest BCUT2D eigenvalue weighted by Gasteiger charge is 2.22.